The van der Waals surface area contributed by atoms with Gasteiger partial charge < -0.3 is 39.2 Å². The molecule has 6 rings (SSSR count). The van der Waals surface area contributed by atoms with Crippen LogP contribution in [0, 0.1) is 17.8 Å². The molecule has 13 heteroatoms. The van der Waals surface area contributed by atoms with E-state index in [4.69, 9.17) is 18.9 Å². The monoisotopic (exact) mass is 708 g/mol. The van der Waals surface area contributed by atoms with E-state index in [0.717, 1.165) is 13.1 Å². The van der Waals surface area contributed by atoms with Crippen LogP contribution < -0.4 is 5.32 Å². The molecule has 1 aromatic rings. The summed E-state index contributed by atoms with van der Waals surface area (Å²) in [4.78, 5) is 63.0. The number of amides is 3. The first-order valence-electron chi connectivity index (χ1n) is 18.3. The van der Waals surface area contributed by atoms with E-state index >= 15 is 4.79 Å². The largest absolute Gasteiger partial charge is 0.455 e. The second kappa shape index (κ2) is 16.4. The molecule has 3 amide bonds. The lowest BCUT2D eigenvalue weighted by molar-refractivity contribution is -0.163. The summed E-state index contributed by atoms with van der Waals surface area (Å²) in [6, 6.07) is 6.64. The van der Waals surface area contributed by atoms with Gasteiger partial charge in [0.2, 0.25) is 17.7 Å². The molecule has 0 unspecified atom stereocenters. The lowest BCUT2D eigenvalue weighted by atomic mass is 9.74. The van der Waals surface area contributed by atoms with Gasteiger partial charge in [-0.15, -0.1) is 0 Å². The van der Waals surface area contributed by atoms with Crippen molar-refractivity contribution < 1.29 is 43.2 Å². The van der Waals surface area contributed by atoms with Gasteiger partial charge in [0.05, 0.1) is 50.5 Å². The number of allylic oxidation sites excluding steroid dienone is 1. The molecule has 0 radical (unpaired) electrons. The number of carbonyl (C=O) groups excluding carboxylic acids is 4. The van der Waals surface area contributed by atoms with Crippen LogP contribution in [0.2, 0.25) is 0 Å². The quantitative estimate of drug-likeness (QED) is 0.271. The number of rotatable bonds is 10. The molecule has 1 spiro atoms. The summed E-state index contributed by atoms with van der Waals surface area (Å²) in [7, 11) is 1.52. The number of aliphatic hydroxyl groups excluding tert-OH is 1. The van der Waals surface area contributed by atoms with Gasteiger partial charge in [-0.2, -0.15) is 0 Å². The molecule has 51 heavy (non-hydrogen) atoms. The van der Waals surface area contributed by atoms with Crippen LogP contribution in [0.5, 0.6) is 0 Å². The molecule has 1 aromatic carbocycles. The number of fused-ring (bicyclic) bond motifs is 2. The van der Waals surface area contributed by atoms with Crippen LogP contribution >= 0.6 is 0 Å². The van der Waals surface area contributed by atoms with Gasteiger partial charge >= 0.3 is 5.97 Å². The van der Waals surface area contributed by atoms with E-state index in [-0.39, 0.29) is 43.9 Å². The summed E-state index contributed by atoms with van der Waals surface area (Å²) in [6.45, 7) is 7.70. The minimum atomic E-state index is -1.43. The van der Waals surface area contributed by atoms with E-state index in [0.29, 0.717) is 44.7 Å². The van der Waals surface area contributed by atoms with Crippen molar-refractivity contribution >= 4 is 23.7 Å². The van der Waals surface area contributed by atoms with Crippen LogP contribution in [-0.4, -0.2) is 140 Å². The number of likely N-dealkylation sites (tertiary alicyclic amines) is 1. The van der Waals surface area contributed by atoms with Gasteiger partial charge in [0.25, 0.3) is 0 Å². The van der Waals surface area contributed by atoms with Crippen molar-refractivity contribution in [3.63, 3.8) is 0 Å². The minimum Gasteiger partial charge on any atom is -0.455 e. The fourth-order valence-electron chi connectivity index (χ4n) is 8.35. The number of hydrogen-bond donors (Lipinski definition) is 2. The molecular formula is C38H52N4O9. The number of ether oxygens (including phenoxy) is 4. The Kier molecular flexibility index (Phi) is 11.9. The van der Waals surface area contributed by atoms with E-state index in [1.807, 2.05) is 56.3 Å². The minimum absolute atomic E-state index is 0.0705. The van der Waals surface area contributed by atoms with Crippen LogP contribution in [0.3, 0.4) is 0 Å². The Hall–Kier alpha value is -3.62. The van der Waals surface area contributed by atoms with E-state index in [1.54, 1.807) is 17.1 Å². The molecule has 13 nitrogen and oxygen atoms in total. The highest BCUT2D eigenvalue weighted by Gasteiger charge is 2.74. The molecule has 5 aliphatic rings. The number of hydrogen-bond acceptors (Lipinski definition) is 10. The van der Waals surface area contributed by atoms with E-state index in [1.165, 1.54) is 12.0 Å². The third-order valence-corrected chi connectivity index (χ3v) is 10.7. The number of methoxy groups -OCH3 is 1. The van der Waals surface area contributed by atoms with Crippen LogP contribution in [-0.2, 0) is 38.1 Å². The summed E-state index contributed by atoms with van der Waals surface area (Å²) in [5.41, 5.74) is -0.773. The maximum atomic E-state index is 15.0. The van der Waals surface area contributed by atoms with Crippen LogP contribution in [0.4, 0.5) is 0 Å². The average molecular weight is 709 g/mol. The molecule has 278 valence electrons. The van der Waals surface area contributed by atoms with Crippen LogP contribution in [0.25, 0.3) is 0 Å². The van der Waals surface area contributed by atoms with Crippen molar-refractivity contribution in [1.29, 1.82) is 0 Å². The van der Waals surface area contributed by atoms with Gasteiger partial charge in [-0.05, 0) is 24.3 Å². The Labute approximate surface area is 299 Å². The average Bonchev–Trinajstić information content (AvgIpc) is 3.78. The summed E-state index contributed by atoms with van der Waals surface area (Å²) in [5.74, 6) is -3.61. The Balaban J connectivity index is 1.42. The smallest absolute Gasteiger partial charge is 0.313 e. The fourth-order valence-corrected chi connectivity index (χ4v) is 8.35. The predicted molar refractivity (Wildman–Crippen MR) is 186 cm³/mol. The summed E-state index contributed by atoms with van der Waals surface area (Å²) >= 11 is 0. The van der Waals surface area contributed by atoms with Crippen LogP contribution in [0.15, 0.2) is 54.6 Å². The van der Waals surface area contributed by atoms with E-state index in [2.05, 4.69) is 10.2 Å². The van der Waals surface area contributed by atoms with Crippen molar-refractivity contribution in [2.75, 3.05) is 66.3 Å². The normalized spacial score (nSPS) is 33.0. The molecule has 0 saturated carbocycles. The van der Waals surface area contributed by atoms with Crippen molar-refractivity contribution in [2.24, 2.45) is 17.8 Å². The van der Waals surface area contributed by atoms with Gasteiger partial charge in [-0.3, -0.25) is 24.1 Å². The molecule has 2 N–H and O–H groups in total. The molecule has 3 saturated heterocycles. The van der Waals surface area contributed by atoms with Gasteiger partial charge in [0.15, 0.2) is 0 Å². The molecule has 5 aliphatic heterocycles. The molecular weight excluding hydrogens is 656 g/mol. The summed E-state index contributed by atoms with van der Waals surface area (Å²) in [5, 5.41) is 13.7. The number of esters is 1. The molecule has 5 heterocycles. The number of aliphatic hydroxyl groups is 1. The van der Waals surface area contributed by atoms with Crippen molar-refractivity contribution in [2.45, 2.75) is 69.0 Å². The van der Waals surface area contributed by atoms with Gasteiger partial charge in [-0.1, -0.05) is 68.5 Å². The van der Waals surface area contributed by atoms with E-state index < -0.39 is 59.6 Å². The summed E-state index contributed by atoms with van der Waals surface area (Å²) < 4.78 is 23.9. The first-order chi connectivity index (χ1) is 24.7. The third-order valence-electron chi connectivity index (χ3n) is 10.7. The topological polar surface area (TPSA) is 147 Å². The molecule has 0 aromatic heterocycles. The van der Waals surface area contributed by atoms with Gasteiger partial charge in [0, 0.05) is 46.3 Å². The van der Waals surface area contributed by atoms with Crippen molar-refractivity contribution in [3.8, 4) is 0 Å². The zero-order valence-electron chi connectivity index (χ0n) is 29.9. The number of nitrogens with one attached hydrogen (secondary N) is 1. The number of benzene rings is 1. The predicted octanol–water partition coefficient (Wildman–Crippen LogP) is 1.47. The number of nitrogens with zero attached hydrogens (tertiary/aromatic N) is 3. The molecule has 3 fully saturated rings. The first kappa shape index (κ1) is 37.1. The standard InChI is InChI=1S/C38H52N4O9/c1-25(2)22-27(23-43)42-34-36(46)41(17-16-40-18-20-49-21-19-40)15-9-5-8-12-30(44)39-28(24-48-3)33(26-10-6-4-7-11-26)50-37(47)31-29-13-14-38(34,51-29)32(31)35(42)45/h4-7,9-11,13-14,25,27-29,31-34,43H,8,12,15-24H2,1-3H3,(H,39,44)/b9-5-/t27-,28-,29+,31-,32-,33-,34+,38-/m1/s1. The highest BCUT2D eigenvalue weighted by atomic mass is 16.6. The SMILES string of the molecule is COC[C@H]1NC(=O)CC/C=C\CN(CCN2CCOCC2)C(=O)[C@@H]2N([C@@H](CO)CC(C)C)C(=O)[C@H]3[C@H](C(=O)O[C@@H]1c1ccccc1)[C@@H]1C=C[C@]23O1. The maximum absolute atomic E-state index is 15.0. The van der Waals surface area contributed by atoms with Gasteiger partial charge in [0.1, 0.15) is 23.7 Å². The Morgan fingerprint density at radius 2 is 1.80 bits per heavy atom. The number of cyclic esters (lactones) is 1. The van der Waals surface area contributed by atoms with E-state index in [9.17, 15) is 19.5 Å². The number of carbonyl (C=O) groups is 4. The molecule has 0 aliphatic carbocycles. The zero-order valence-corrected chi connectivity index (χ0v) is 29.9. The second-order valence-electron chi connectivity index (χ2n) is 14.6. The highest BCUT2D eigenvalue weighted by molar-refractivity contribution is 5.99. The zero-order chi connectivity index (χ0) is 36.1. The van der Waals surface area contributed by atoms with Crippen molar-refractivity contribution in [1.82, 2.24) is 20.0 Å². The van der Waals surface area contributed by atoms with Gasteiger partial charge in [-0.25, -0.2) is 0 Å². The molecule has 5 bridgehead atoms. The Morgan fingerprint density at radius 1 is 1.04 bits per heavy atom. The number of morpholine rings is 1. The second-order valence-corrected chi connectivity index (χ2v) is 14.6. The first-order valence-corrected chi connectivity index (χ1v) is 18.3. The lowest BCUT2D eigenvalue weighted by Crippen LogP contribution is -2.59. The highest BCUT2D eigenvalue weighted by Crippen LogP contribution is 2.56. The molecule has 8 atom stereocenters. The van der Waals surface area contributed by atoms with Crippen LogP contribution in [0.1, 0.15) is 44.8 Å². The Bertz CT molecular complexity index is 1460. The lowest BCUT2D eigenvalue weighted by Gasteiger charge is -2.39. The maximum Gasteiger partial charge on any atom is 0.313 e. The third kappa shape index (κ3) is 7.64. The summed E-state index contributed by atoms with van der Waals surface area (Å²) in [6.07, 6.45) is 6.64. The van der Waals surface area contributed by atoms with Crippen molar-refractivity contribution in [3.05, 3.63) is 60.2 Å². The fraction of sp³-hybridized carbons (Fsp3) is 0.632. The Morgan fingerprint density at radius 3 is 2.51 bits per heavy atom.